The number of halogens is 2. The van der Waals surface area contributed by atoms with Crippen molar-refractivity contribution in [1.29, 1.82) is 0 Å². The predicted octanol–water partition coefficient (Wildman–Crippen LogP) is 2.08. The molecule has 1 rings (SSSR count). The summed E-state index contributed by atoms with van der Waals surface area (Å²) in [6.07, 6.45) is 0. The number of benzene rings is 1. The van der Waals surface area contributed by atoms with Crippen molar-refractivity contribution in [3.8, 4) is 0 Å². The highest BCUT2D eigenvalue weighted by Crippen LogP contribution is 2.15. The Bertz CT molecular complexity index is 409. The van der Waals surface area contributed by atoms with E-state index in [1.165, 1.54) is 12.1 Å². The van der Waals surface area contributed by atoms with E-state index in [-0.39, 0.29) is 16.8 Å². The Morgan fingerprint density at radius 2 is 2.18 bits per heavy atom. The highest BCUT2D eigenvalue weighted by atomic mass is 35.5. The summed E-state index contributed by atoms with van der Waals surface area (Å²) in [6.45, 7) is 4.04. The minimum Gasteiger partial charge on any atom is -0.351 e. The van der Waals surface area contributed by atoms with E-state index in [1.54, 1.807) is 6.07 Å². The summed E-state index contributed by atoms with van der Waals surface area (Å²) in [5, 5.41) is 2.73. The quantitative estimate of drug-likeness (QED) is 0.869. The number of carbonyl (C=O) groups is 1. The second-order valence-electron chi connectivity index (χ2n) is 4.24. The fraction of sp³-hybridized carbons (Fsp3) is 0.417. The zero-order chi connectivity index (χ0) is 13.0. The smallest absolute Gasteiger partial charge is 0.237 e. The van der Waals surface area contributed by atoms with Crippen LogP contribution in [0.3, 0.4) is 0 Å². The molecule has 0 spiro atoms. The molecule has 0 saturated carbocycles. The molecule has 0 saturated heterocycles. The average Bonchev–Trinajstić information content (AvgIpc) is 2.29. The third kappa shape index (κ3) is 3.98. The van der Waals surface area contributed by atoms with Crippen molar-refractivity contribution in [2.75, 3.05) is 0 Å². The molecule has 1 aromatic carbocycles. The second-order valence-corrected chi connectivity index (χ2v) is 4.64. The molecule has 0 aliphatic carbocycles. The summed E-state index contributed by atoms with van der Waals surface area (Å²) < 4.78 is 12.9. The van der Waals surface area contributed by atoms with Gasteiger partial charge in [0, 0.05) is 6.54 Å². The largest absolute Gasteiger partial charge is 0.351 e. The van der Waals surface area contributed by atoms with Gasteiger partial charge in [-0.3, -0.25) is 4.79 Å². The summed E-state index contributed by atoms with van der Waals surface area (Å²) in [6, 6.07) is 3.79. The van der Waals surface area contributed by atoms with Crippen LogP contribution in [0, 0.1) is 11.7 Å². The summed E-state index contributed by atoms with van der Waals surface area (Å²) in [7, 11) is 0. The van der Waals surface area contributed by atoms with E-state index in [0.29, 0.717) is 6.54 Å². The normalized spacial score (nSPS) is 12.6. The molecule has 1 atom stereocenters. The van der Waals surface area contributed by atoms with Crippen molar-refractivity contribution < 1.29 is 9.18 Å². The van der Waals surface area contributed by atoms with Crippen molar-refractivity contribution in [3.05, 3.63) is 34.6 Å². The van der Waals surface area contributed by atoms with Gasteiger partial charge in [-0.1, -0.05) is 31.5 Å². The molecule has 3 N–H and O–H groups in total. The third-order valence-electron chi connectivity index (χ3n) is 2.47. The molecule has 0 aliphatic rings. The third-order valence-corrected chi connectivity index (χ3v) is 2.76. The highest BCUT2D eigenvalue weighted by molar-refractivity contribution is 6.30. The minimum atomic E-state index is -0.536. The van der Waals surface area contributed by atoms with Gasteiger partial charge in [0.1, 0.15) is 5.82 Å². The lowest BCUT2D eigenvalue weighted by atomic mass is 10.0. The zero-order valence-electron chi connectivity index (χ0n) is 9.84. The van der Waals surface area contributed by atoms with Crippen LogP contribution < -0.4 is 11.1 Å². The Labute approximate surface area is 105 Å². The highest BCUT2D eigenvalue weighted by Gasteiger charge is 2.16. The van der Waals surface area contributed by atoms with Crippen LogP contribution in [0.25, 0.3) is 0 Å². The van der Waals surface area contributed by atoms with Crippen LogP contribution >= 0.6 is 11.6 Å². The number of amides is 1. The maximum absolute atomic E-state index is 12.9. The molecule has 0 fully saturated rings. The predicted molar refractivity (Wildman–Crippen MR) is 66.1 cm³/mol. The number of rotatable bonds is 4. The number of hydrogen-bond donors (Lipinski definition) is 2. The molecule has 3 nitrogen and oxygen atoms in total. The number of hydrogen-bond acceptors (Lipinski definition) is 2. The molecule has 17 heavy (non-hydrogen) atoms. The van der Waals surface area contributed by atoms with Crippen molar-refractivity contribution in [3.63, 3.8) is 0 Å². The van der Waals surface area contributed by atoms with E-state index in [0.717, 1.165) is 5.56 Å². The molecule has 0 bridgehead atoms. The molecule has 94 valence electrons. The van der Waals surface area contributed by atoms with Crippen LogP contribution in [0.1, 0.15) is 19.4 Å². The monoisotopic (exact) mass is 258 g/mol. The van der Waals surface area contributed by atoms with E-state index in [4.69, 9.17) is 17.3 Å². The summed E-state index contributed by atoms with van der Waals surface area (Å²) in [5.74, 6) is -0.618. The van der Waals surface area contributed by atoms with Crippen molar-refractivity contribution in [2.45, 2.75) is 26.4 Å². The van der Waals surface area contributed by atoms with E-state index in [2.05, 4.69) is 5.32 Å². The lowest BCUT2D eigenvalue weighted by molar-refractivity contribution is -0.123. The maximum Gasteiger partial charge on any atom is 0.237 e. The van der Waals surface area contributed by atoms with Crippen LogP contribution in [0.4, 0.5) is 4.39 Å². The van der Waals surface area contributed by atoms with Gasteiger partial charge in [-0.2, -0.15) is 0 Å². The Balaban J connectivity index is 2.56. The first-order valence-electron chi connectivity index (χ1n) is 5.39. The van der Waals surface area contributed by atoms with Gasteiger partial charge in [-0.15, -0.1) is 0 Å². The van der Waals surface area contributed by atoms with Gasteiger partial charge in [-0.05, 0) is 23.6 Å². The second kappa shape index (κ2) is 5.98. The maximum atomic E-state index is 12.9. The van der Waals surface area contributed by atoms with Crippen LogP contribution in [-0.2, 0) is 11.3 Å². The number of nitrogens with one attached hydrogen (secondary N) is 1. The fourth-order valence-electron chi connectivity index (χ4n) is 1.26. The Morgan fingerprint density at radius 3 is 2.71 bits per heavy atom. The van der Waals surface area contributed by atoms with Crippen LogP contribution in [0.2, 0.25) is 5.02 Å². The van der Waals surface area contributed by atoms with Gasteiger partial charge in [0.25, 0.3) is 0 Å². The molecule has 0 heterocycles. The van der Waals surface area contributed by atoms with Gasteiger partial charge >= 0.3 is 0 Å². The fourth-order valence-corrected chi connectivity index (χ4v) is 1.46. The Hall–Kier alpha value is -1.13. The molecule has 5 heteroatoms. The minimum absolute atomic E-state index is 0.0462. The Morgan fingerprint density at radius 1 is 1.53 bits per heavy atom. The molecule has 1 aromatic rings. The van der Waals surface area contributed by atoms with Crippen molar-refractivity contribution in [2.24, 2.45) is 11.7 Å². The van der Waals surface area contributed by atoms with Gasteiger partial charge in [0.2, 0.25) is 5.91 Å². The van der Waals surface area contributed by atoms with E-state index < -0.39 is 11.9 Å². The van der Waals surface area contributed by atoms with Crippen LogP contribution in [0.5, 0.6) is 0 Å². The van der Waals surface area contributed by atoms with Crippen LogP contribution in [-0.4, -0.2) is 11.9 Å². The first kappa shape index (κ1) is 13.9. The summed E-state index contributed by atoms with van der Waals surface area (Å²) in [5.41, 5.74) is 6.42. The number of nitrogens with two attached hydrogens (primary N) is 1. The molecular formula is C12H16ClFN2O. The van der Waals surface area contributed by atoms with Gasteiger partial charge in [-0.25, -0.2) is 4.39 Å². The van der Waals surface area contributed by atoms with Crippen molar-refractivity contribution in [1.82, 2.24) is 5.32 Å². The lowest BCUT2D eigenvalue weighted by Gasteiger charge is -2.15. The SMILES string of the molecule is CC(C)C(N)C(=O)NCc1ccc(F)c(Cl)c1. The topological polar surface area (TPSA) is 55.1 Å². The van der Waals surface area contributed by atoms with Gasteiger partial charge in [0.15, 0.2) is 0 Å². The molecule has 1 unspecified atom stereocenters. The molecule has 1 amide bonds. The first-order valence-corrected chi connectivity index (χ1v) is 5.77. The lowest BCUT2D eigenvalue weighted by Crippen LogP contribution is -2.43. The zero-order valence-corrected chi connectivity index (χ0v) is 10.6. The van der Waals surface area contributed by atoms with Gasteiger partial charge in [0.05, 0.1) is 11.1 Å². The standard InChI is InChI=1S/C12H16ClFN2O/c1-7(2)11(15)12(17)16-6-8-3-4-10(14)9(13)5-8/h3-5,7,11H,6,15H2,1-2H3,(H,16,17). The Kier molecular flexibility index (Phi) is 4.90. The van der Waals surface area contributed by atoms with Crippen molar-refractivity contribution >= 4 is 17.5 Å². The van der Waals surface area contributed by atoms with E-state index >= 15 is 0 Å². The van der Waals surface area contributed by atoms with Gasteiger partial charge < -0.3 is 11.1 Å². The first-order chi connectivity index (χ1) is 7.91. The van der Waals surface area contributed by atoms with Crippen LogP contribution in [0.15, 0.2) is 18.2 Å². The molecule has 0 aliphatic heterocycles. The summed E-state index contributed by atoms with van der Waals surface area (Å²) >= 11 is 5.63. The molecule has 0 aromatic heterocycles. The van der Waals surface area contributed by atoms with E-state index in [9.17, 15) is 9.18 Å². The number of carbonyl (C=O) groups excluding carboxylic acids is 1. The summed E-state index contributed by atoms with van der Waals surface area (Å²) in [4.78, 5) is 11.6. The molecule has 0 radical (unpaired) electrons. The van der Waals surface area contributed by atoms with E-state index in [1.807, 2.05) is 13.8 Å². The average molecular weight is 259 g/mol. The molecular weight excluding hydrogens is 243 g/mol.